The summed E-state index contributed by atoms with van der Waals surface area (Å²) in [7, 11) is 0. The van der Waals surface area contributed by atoms with Crippen molar-refractivity contribution in [2.45, 2.75) is 96.8 Å². The zero-order valence-electron chi connectivity index (χ0n) is 27.8. The molecule has 0 aliphatic carbocycles. The molecule has 0 heterocycles. The third kappa shape index (κ3) is 16.8. The van der Waals surface area contributed by atoms with E-state index in [9.17, 15) is 19.2 Å². The Balaban J connectivity index is 3.06. The van der Waals surface area contributed by atoms with Gasteiger partial charge in [-0.2, -0.15) is 0 Å². The number of hydrogen-bond acceptors (Lipinski definition) is 7. The van der Waals surface area contributed by atoms with Crippen LogP contribution in [0.25, 0.3) is 0 Å². The molecule has 262 valence electrons. The van der Waals surface area contributed by atoms with Gasteiger partial charge in [0.25, 0.3) is 0 Å². The van der Waals surface area contributed by atoms with Crippen molar-refractivity contribution in [3.05, 3.63) is 35.4 Å². The van der Waals surface area contributed by atoms with Gasteiger partial charge in [-0.15, -0.1) is 0 Å². The van der Waals surface area contributed by atoms with Crippen LogP contribution in [0.2, 0.25) is 0 Å². The first-order chi connectivity index (χ1) is 22.2. The number of benzene rings is 1. The van der Waals surface area contributed by atoms with Gasteiger partial charge in [0.1, 0.15) is 24.0 Å². The molecule has 16 nitrogen and oxygen atoms in total. The number of hydrogen-bond donors (Lipinski definition) is 10. The van der Waals surface area contributed by atoms with Gasteiger partial charge in [-0.25, -0.2) is 0 Å². The van der Waals surface area contributed by atoms with Crippen molar-refractivity contribution in [1.82, 2.24) is 21.3 Å². The largest absolute Gasteiger partial charge is 0.384 e. The summed E-state index contributed by atoms with van der Waals surface area (Å²) >= 11 is 0. The summed E-state index contributed by atoms with van der Waals surface area (Å²) < 4.78 is 0. The van der Waals surface area contributed by atoms with Crippen molar-refractivity contribution in [2.24, 2.45) is 44.6 Å². The van der Waals surface area contributed by atoms with Crippen molar-refractivity contribution >= 4 is 41.4 Å². The number of nitrogens with one attached hydrogen (secondary N) is 5. The van der Waals surface area contributed by atoms with Gasteiger partial charge in [0.15, 0.2) is 11.9 Å². The van der Waals surface area contributed by atoms with Gasteiger partial charge < -0.3 is 49.9 Å². The fraction of sp³-hybridized carbons (Fsp3) is 0.581. The van der Waals surface area contributed by atoms with Crippen molar-refractivity contribution < 1.29 is 19.2 Å². The Morgan fingerprint density at radius 2 is 1.30 bits per heavy atom. The number of carbonyl (C=O) groups is 4. The van der Waals surface area contributed by atoms with Gasteiger partial charge >= 0.3 is 0 Å². The van der Waals surface area contributed by atoms with E-state index in [0.29, 0.717) is 24.8 Å². The van der Waals surface area contributed by atoms with Crippen LogP contribution in [0.4, 0.5) is 0 Å². The second kappa shape index (κ2) is 21.8. The molecule has 0 aliphatic heterocycles. The van der Waals surface area contributed by atoms with E-state index in [0.717, 1.165) is 18.4 Å². The topological polar surface area (TPSA) is 295 Å². The second-order valence-corrected chi connectivity index (χ2v) is 11.6. The summed E-state index contributed by atoms with van der Waals surface area (Å²) in [5.41, 5.74) is 28.5. The molecule has 1 aromatic carbocycles. The maximum atomic E-state index is 13.6. The highest BCUT2D eigenvalue weighted by molar-refractivity contribution is 5.95. The van der Waals surface area contributed by atoms with Crippen molar-refractivity contribution in [3.8, 4) is 0 Å². The monoisotopic (exact) mass is 658 g/mol. The quantitative estimate of drug-likeness (QED) is 0.0431. The summed E-state index contributed by atoms with van der Waals surface area (Å²) in [6, 6.07) is 3.95. The molecule has 4 amide bonds. The molecule has 0 unspecified atom stereocenters. The highest BCUT2D eigenvalue weighted by Gasteiger charge is 2.31. The van der Waals surface area contributed by atoms with E-state index in [4.69, 9.17) is 34.1 Å². The van der Waals surface area contributed by atoms with Gasteiger partial charge in [0.05, 0.1) is 0 Å². The van der Waals surface area contributed by atoms with Crippen LogP contribution in [0.15, 0.2) is 34.3 Å². The minimum Gasteiger partial charge on any atom is -0.384 e. The predicted octanol–water partition coefficient (Wildman–Crippen LogP) is -0.615. The predicted molar refractivity (Wildman–Crippen MR) is 184 cm³/mol. The summed E-state index contributed by atoms with van der Waals surface area (Å²) in [6.07, 6.45) is 4.08. The molecule has 0 spiro atoms. The van der Waals surface area contributed by atoms with Crippen LogP contribution in [0, 0.1) is 11.3 Å². The van der Waals surface area contributed by atoms with Gasteiger partial charge in [-0.3, -0.25) is 34.6 Å². The number of unbranched alkanes of at least 4 members (excludes halogenated alkanes) is 2. The maximum absolute atomic E-state index is 13.6. The van der Waals surface area contributed by atoms with E-state index in [-0.39, 0.29) is 68.5 Å². The molecule has 1 aromatic rings. The Morgan fingerprint density at radius 3 is 1.79 bits per heavy atom. The molecule has 0 saturated carbocycles. The van der Waals surface area contributed by atoms with Crippen molar-refractivity contribution in [2.75, 3.05) is 13.1 Å². The molecule has 0 saturated heterocycles. The highest BCUT2D eigenvalue weighted by atomic mass is 16.2. The number of amidine groups is 1. The molecular formula is C31H54N12O4. The first-order valence-electron chi connectivity index (χ1n) is 16.0. The van der Waals surface area contributed by atoms with Crippen LogP contribution in [0.3, 0.4) is 0 Å². The number of nitrogen functional groups attached to an aromatic ring is 1. The van der Waals surface area contributed by atoms with Crippen molar-refractivity contribution in [1.29, 1.82) is 5.41 Å². The molecule has 0 aliphatic rings. The van der Waals surface area contributed by atoms with Gasteiger partial charge in [0.2, 0.25) is 23.6 Å². The fourth-order valence-electron chi connectivity index (χ4n) is 4.51. The minimum atomic E-state index is -1.01. The highest BCUT2D eigenvalue weighted by Crippen LogP contribution is 2.09. The lowest BCUT2D eigenvalue weighted by molar-refractivity contribution is -0.134. The Labute approximate surface area is 277 Å². The molecule has 0 radical (unpaired) electrons. The smallest absolute Gasteiger partial charge is 0.243 e. The maximum Gasteiger partial charge on any atom is 0.243 e. The molecule has 3 atom stereocenters. The summed E-state index contributed by atoms with van der Waals surface area (Å²) in [4.78, 5) is 60.8. The lowest BCUT2D eigenvalue weighted by Gasteiger charge is -2.27. The first-order valence-corrected chi connectivity index (χ1v) is 16.0. The fourth-order valence-corrected chi connectivity index (χ4v) is 4.51. The Kier molecular flexibility index (Phi) is 18.6. The molecule has 15 N–H and O–H groups in total. The van der Waals surface area contributed by atoms with Crippen LogP contribution < -0.4 is 49.9 Å². The summed E-state index contributed by atoms with van der Waals surface area (Å²) in [5, 5.41) is 18.7. The Hall–Kier alpha value is -4.89. The minimum absolute atomic E-state index is 0.0671. The third-order valence-corrected chi connectivity index (χ3v) is 7.16. The Morgan fingerprint density at radius 1 is 0.745 bits per heavy atom. The molecular weight excluding hydrogens is 604 g/mol. The SMILES string of the molecule is CCCCCC(=O)N[C@@H](CCCN=C(N)N)C(=O)N[C@H](C(=O)N[C@@H](CCCN=C(N)N)C(=O)NCc1ccc(C(=N)N)cc1)C(C)C. The van der Waals surface area contributed by atoms with E-state index in [1.54, 1.807) is 38.1 Å². The second-order valence-electron chi connectivity index (χ2n) is 11.6. The number of rotatable bonds is 22. The number of amides is 4. The molecule has 0 bridgehead atoms. The molecule has 0 fully saturated rings. The van der Waals surface area contributed by atoms with Gasteiger partial charge in [-0.05, 0) is 43.6 Å². The summed E-state index contributed by atoms with van der Waals surface area (Å²) in [6.45, 7) is 6.24. The number of aliphatic imine (C=N–C) groups is 2. The van der Waals surface area contributed by atoms with E-state index < -0.39 is 35.8 Å². The lowest BCUT2D eigenvalue weighted by atomic mass is 10.0. The van der Waals surface area contributed by atoms with Gasteiger partial charge in [0, 0.05) is 31.6 Å². The average molecular weight is 659 g/mol. The molecule has 0 aromatic heterocycles. The zero-order valence-corrected chi connectivity index (χ0v) is 27.8. The number of carbonyl (C=O) groups excluding carboxylic acids is 4. The normalized spacial score (nSPS) is 12.6. The number of nitrogens with two attached hydrogens (primary N) is 5. The zero-order chi connectivity index (χ0) is 35.4. The Bertz CT molecular complexity index is 1230. The van der Waals surface area contributed by atoms with E-state index >= 15 is 0 Å². The number of nitrogens with zero attached hydrogens (tertiary/aromatic N) is 2. The first kappa shape index (κ1) is 40.1. The van der Waals surface area contributed by atoms with E-state index in [1.807, 2.05) is 6.92 Å². The van der Waals surface area contributed by atoms with Crippen LogP contribution >= 0.6 is 0 Å². The van der Waals surface area contributed by atoms with E-state index in [1.165, 1.54) is 0 Å². The van der Waals surface area contributed by atoms with Crippen LogP contribution in [0.5, 0.6) is 0 Å². The lowest BCUT2D eigenvalue weighted by Crippen LogP contribution is -2.58. The number of guanidine groups is 2. The van der Waals surface area contributed by atoms with Crippen LogP contribution in [0.1, 0.15) is 83.3 Å². The molecule has 47 heavy (non-hydrogen) atoms. The standard InChI is InChI=1S/C31H54N12O4/c1-4-5-6-11-24(44)41-23(10-8-17-39-31(36)37)28(46)43-25(19(2)3)29(47)42-22(9-7-16-38-30(34)35)27(45)40-18-20-12-14-21(15-13-20)26(32)33/h12-15,19,22-23,25H,4-11,16-18H2,1-3H3,(H3,32,33)(H,40,45)(H,41,44)(H,42,47)(H,43,46)(H4,34,35,38)(H4,36,37,39)/t22-,23-,25-/m0/s1. The van der Waals surface area contributed by atoms with Crippen LogP contribution in [-0.2, 0) is 25.7 Å². The molecule has 16 heteroatoms. The van der Waals surface area contributed by atoms with E-state index in [2.05, 4.69) is 31.3 Å². The van der Waals surface area contributed by atoms with Gasteiger partial charge in [-0.1, -0.05) is 57.9 Å². The summed E-state index contributed by atoms with van der Waals surface area (Å²) in [5.74, 6) is -2.38. The average Bonchev–Trinajstić information content (AvgIpc) is 3.01. The van der Waals surface area contributed by atoms with Crippen molar-refractivity contribution in [3.63, 3.8) is 0 Å². The van der Waals surface area contributed by atoms with Crippen LogP contribution in [-0.4, -0.2) is 72.6 Å². The third-order valence-electron chi connectivity index (χ3n) is 7.16. The molecule has 1 rings (SSSR count).